The Hall–Kier alpha value is -6.84. The molecule has 0 saturated heterocycles. The van der Waals surface area contributed by atoms with Crippen molar-refractivity contribution in [2.45, 2.75) is 0 Å². The van der Waals surface area contributed by atoms with Crippen molar-refractivity contribution in [1.29, 1.82) is 0 Å². The minimum Gasteiger partial charge on any atom is -0.456 e. The lowest BCUT2D eigenvalue weighted by molar-refractivity contribution is 0.669. The fraction of sp³-hybridized carbons (Fsp3) is 0. The van der Waals surface area contributed by atoms with E-state index in [0.29, 0.717) is 0 Å². The number of furan rings is 1. The predicted octanol–water partition coefficient (Wildman–Crippen LogP) is 13.5. The summed E-state index contributed by atoms with van der Waals surface area (Å²) in [5.41, 5.74) is 13.3. The summed E-state index contributed by atoms with van der Waals surface area (Å²) in [5.74, 6) is 0. The Morgan fingerprint density at radius 2 is 0.882 bits per heavy atom. The molecule has 10 rings (SSSR count). The fourth-order valence-corrected chi connectivity index (χ4v) is 7.62. The van der Waals surface area contributed by atoms with Gasteiger partial charge in [0, 0.05) is 44.3 Å². The highest BCUT2D eigenvalue weighted by Crippen LogP contribution is 2.44. The number of hydrogen-bond donors (Lipinski definition) is 0. The molecule has 240 valence electrons. The van der Waals surface area contributed by atoms with E-state index in [2.05, 4.69) is 198 Å². The van der Waals surface area contributed by atoms with Gasteiger partial charge in [-0.1, -0.05) is 127 Å². The third-order valence-corrected chi connectivity index (χ3v) is 9.99. The smallest absolute Gasteiger partial charge is 0.136 e. The number of para-hydroxylation sites is 2. The van der Waals surface area contributed by atoms with Gasteiger partial charge in [-0.2, -0.15) is 0 Å². The molecule has 0 saturated carbocycles. The largest absolute Gasteiger partial charge is 0.456 e. The molecule has 3 nitrogen and oxygen atoms in total. The van der Waals surface area contributed by atoms with E-state index in [1.54, 1.807) is 0 Å². The lowest BCUT2D eigenvalue weighted by Gasteiger charge is -2.26. The topological polar surface area (TPSA) is 21.3 Å². The second-order valence-corrected chi connectivity index (χ2v) is 13.0. The Balaban J connectivity index is 1.21. The van der Waals surface area contributed by atoms with E-state index in [9.17, 15) is 0 Å². The molecule has 0 atom stereocenters. The van der Waals surface area contributed by atoms with Gasteiger partial charge in [0.05, 0.1) is 11.0 Å². The number of aromatic nitrogens is 1. The summed E-state index contributed by atoms with van der Waals surface area (Å²) in [6.45, 7) is 0. The highest BCUT2D eigenvalue weighted by atomic mass is 16.3. The standard InChI is InChI=1S/C48H32N2O/c1-4-12-33(13-5-1)35-20-24-38(25-21-35)49(39-26-22-36(23-27-39)34-14-6-2-7-15-34)40-28-29-41-44(32-40)50(37-16-8-3-9-17-37)43-30-31-46-48(47(41)43)42-18-10-11-19-45(42)51-46/h1-32H. The number of rotatable bonds is 6. The first kappa shape index (κ1) is 29.1. The van der Waals surface area contributed by atoms with Crippen molar-refractivity contribution < 1.29 is 4.42 Å². The molecule has 8 aromatic carbocycles. The predicted molar refractivity (Wildman–Crippen MR) is 214 cm³/mol. The van der Waals surface area contributed by atoms with Gasteiger partial charge in [-0.3, -0.25) is 0 Å². The first-order chi connectivity index (χ1) is 25.3. The maximum absolute atomic E-state index is 6.37. The summed E-state index contributed by atoms with van der Waals surface area (Å²) >= 11 is 0. The second-order valence-electron chi connectivity index (χ2n) is 13.0. The lowest BCUT2D eigenvalue weighted by Crippen LogP contribution is -2.10. The summed E-state index contributed by atoms with van der Waals surface area (Å²) in [5, 5.41) is 4.68. The molecule has 0 radical (unpaired) electrons. The van der Waals surface area contributed by atoms with Crippen LogP contribution in [0.4, 0.5) is 17.1 Å². The molecule has 10 aromatic rings. The average molecular weight is 653 g/mol. The van der Waals surface area contributed by atoms with Crippen LogP contribution < -0.4 is 4.90 Å². The molecule has 0 N–H and O–H groups in total. The zero-order chi connectivity index (χ0) is 33.7. The summed E-state index contributed by atoms with van der Waals surface area (Å²) < 4.78 is 8.76. The van der Waals surface area contributed by atoms with E-state index in [1.165, 1.54) is 33.0 Å². The van der Waals surface area contributed by atoms with E-state index in [1.807, 2.05) is 6.07 Å². The van der Waals surface area contributed by atoms with E-state index in [4.69, 9.17) is 4.42 Å². The fourth-order valence-electron chi connectivity index (χ4n) is 7.62. The number of benzene rings is 8. The average Bonchev–Trinajstić information content (AvgIpc) is 3.75. The summed E-state index contributed by atoms with van der Waals surface area (Å²) in [4.78, 5) is 2.36. The number of hydrogen-bond acceptors (Lipinski definition) is 2. The van der Waals surface area contributed by atoms with Crippen LogP contribution in [0.3, 0.4) is 0 Å². The Bertz CT molecular complexity index is 2730. The number of nitrogens with zero attached hydrogens (tertiary/aromatic N) is 2. The summed E-state index contributed by atoms with van der Waals surface area (Å²) in [7, 11) is 0. The first-order valence-electron chi connectivity index (χ1n) is 17.4. The minimum absolute atomic E-state index is 0.901. The summed E-state index contributed by atoms with van der Waals surface area (Å²) in [6.07, 6.45) is 0. The maximum atomic E-state index is 6.37. The van der Waals surface area contributed by atoms with Crippen LogP contribution in [0.1, 0.15) is 0 Å². The van der Waals surface area contributed by atoms with Crippen LogP contribution in [0.2, 0.25) is 0 Å². The Labute approximate surface area is 295 Å². The molecule has 51 heavy (non-hydrogen) atoms. The van der Waals surface area contributed by atoms with Crippen LogP contribution in [0.5, 0.6) is 0 Å². The zero-order valence-electron chi connectivity index (χ0n) is 27.8. The van der Waals surface area contributed by atoms with Gasteiger partial charge in [0.25, 0.3) is 0 Å². The van der Waals surface area contributed by atoms with Crippen LogP contribution >= 0.6 is 0 Å². The Morgan fingerprint density at radius 3 is 1.51 bits per heavy atom. The molecule has 0 aliphatic carbocycles. The van der Waals surface area contributed by atoms with Crippen molar-refractivity contribution in [3.63, 3.8) is 0 Å². The van der Waals surface area contributed by atoms with Gasteiger partial charge >= 0.3 is 0 Å². The van der Waals surface area contributed by atoms with Crippen LogP contribution in [0.25, 0.3) is 71.7 Å². The number of anilines is 3. The molecule has 0 bridgehead atoms. The third kappa shape index (κ3) is 4.90. The zero-order valence-corrected chi connectivity index (χ0v) is 27.8. The van der Waals surface area contributed by atoms with E-state index in [0.717, 1.165) is 55.7 Å². The highest BCUT2D eigenvalue weighted by Gasteiger charge is 2.21. The Kier molecular flexibility index (Phi) is 6.81. The monoisotopic (exact) mass is 652 g/mol. The normalized spacial score (nSPS) is 11.5. The van der Waals surface area contributed by atoms with E-state index >= 15 is 0 Å². The molecule has 0 amide bonds. The number of fused-ring (bicyclic) bond motifs is 7. The van der Waals surface area contributed by atoms with E-state index < -0.39 is 0 Å². The lowest BCUT2D eigenvalue weighted by atomic mass is 10.0. The SMILES string of the molecule is c1ccc(-c2ccc(N(c3ccc(-c4ccccc4)cc3)c3ccc4c5c6c(ccc5n(-c5ccccc5)c4c3)oc3ccccc36)cc2)cc1. The van der Waals surface area contributed by atoms with Crippen molar-refractivity contribution in [3.8, 4) is 27.9 Å². The van der Waals surface area contributed by atoms with Gasteiger partial charge in [-0.05, 0) is 89.0 Å². The highest BCUT2D eigenvalue weighted by molar-refractivity contribution is 6.27. The van der Waals surface area contributed by atoms with Gasteiger partial charge in [0.2, 0.25) is 0 Å². The second kappa shape index (κ2) is 11.9. The Morgan fingerprint density at radius 1 is 0.353 bits per heavy atom. The van der Waals surface area contributed by atoms with Crippen LogP contribution in [0.15, 0.2) is 199 Å². The first-order valence-corrected chi connectivity index (χ1v) is 17.4. The third-order valence-electron chi connectivity index (χ3n) is 9.99. The molecule has 2 aromatic heterocycles. The maximum Gasteiger partial charge on any atom is 0.136 e. The van der Waals surface area contributed by atoms with Gasteiger partial charge in [0.1, 0.15) is 11.2 Å². The molecule has 0 aliphatic heterocycles. The molecular weight excluding hydrogens is 621 g/mol. The van der Waals surface area contributed by atoms with Crippen LogP contribution in [-0.2, 0) is 0 Å². The minimum atomic E-state index is 0.901. The van der Waals surface area contributed by atoms with Gasteiger partial charge in [0.15, 0.2) is 0 Å². The van der Waals surface area contributed by atoms with Crippen molar-refractivity contribution >= 4 is 60.8 Å². The quantitative estimate of drug-likeness (QED) is 0.178. The van der Waals surface area contributed by atoms with Crippen molar-refractivity contribution in [1.82, 2.24) is 4.57 Å². The molecule has 0 aliphatic rings. The van der Waals surface area contributed by atoms with Crippen molar-refractivity contribution in [3.05, 3.63) is 194 Å². The summed E-state index contributed by atoms with van der Waals surface area (Å²) in [6, 6.07) is 69.1. The molecule has 2 heterocycles. The van der Waals surface area contributed by atoms with Crippen LogP contribution in [0, 0.1) is 0 Å². The molecule has 3 heteroatoms. The van der Waals surface area contributed by atoms with Crippen molar-refractivity contribution in [2.24, 2.45) is 0 Å². The van der Waals surface area contributed by atoms with Gasteiger partial charge in [-0.25, -0.2) is 0 Å². The van der Waals surface area contributed by atoms with E-state index in [-0.39, 0.29) is 0 Å². The molecule has 0 spiro atoms. The molecule has 0 unspecified atom stereocenters. The molecular formula is C48H32N2O. The van der Waals surface area contributed by atoms with Crippen molar-refractivity contribution in [2.75, 3.05) is 4.90 Å². The molecule has 0 fully saturated rings. The van der Waals surface area contributed by atoms with Gasteiger partial charge in [-0.15, -0.1) is 0 Å². The van der Waals surface area contributed by atoms with Crippen LogP contribution in [-0.4, -0.2) is 4.57 Å². The van der Waals surface area contributed by atoms with Gasteiger partial charge < -0.3 is 13.9 Å².